The van der Waals surface area contributed by atoms with Crippen LogP contribution in [0.1, 0.15) is 17.2 Å². The van der Waals surface area contributed by atoms with Crippen LogP contribution >= 0.6 is 11.8 Å². The SMILES string of the molecule is COCC#CC1=C(C(=O)OC(c2ccccc2)c2ccccc2)N2C(=O)[C@@H](N)[C@H]2SC1. The highest BCUT2D eigenvalue weighted by molar-refractivity contribution is 8.00. The highest BCUT2D eigenvalue weighted by Gasteiger charge is 2.52. The molecule has 2 aromatic carbocycles. The van der Waals surface area contributed by atoms with Gasteiger partial charge in [0.2, 0.25) is 5.91 Å². The minimum Gasteiger partial charge on any atom is -0.448 e. The predicted molar refractivity (Wildman–Crippen MR) is 119 cm³/mol. The van der Waals surface area contributed by atoms with Crippen molar-refractivity contribution in [2.75, 3.05) is 19.5 Å². The molecule has 0 bridgehead atoms. The number of carbonyl (C=O) groups excluding carboxylic acids is 2. The summed E-state index contributed by atoms with van der Waals surface area (Å²) in [6, 6.07) is 18.4. The lowest BCUT2D eigenvalue weighted by molar-refractivity contribution is -0.153. The van der Waals surface area contributed by atoms with Crippen LogP contribution in [0, 0.1) is 11.8 Å². The van der Waals surface area contributed by atoms with Gasteiger partial charge >= 0.3 is 5.97 Å². The molecule has 0 radical (unpaired) electrons. The molecule has 2 atom stereocenters. The number of amides is 1. The summed E-state index contributed by atoms with van der Waals surface area (Å²) in [5.41, 5.74) is 8.34. The fraction of sp³-hybridized carbons (Fsp3) is 0.250. The average molecular weight is 435 g/mol. The van der Waals surface area contributed by atoms with E-state index in [9.17, 15) is 9.59 Å². The van der Waals surface area contributed by atoms with Crippen LogP contribution in [0.2, 0.25) is 0 Å². The minimum absolute atomic E-state index is 0.177. The first-order valence-electron chi connectivity index (χ1n) is 9.84. The van der Waals surface area contributed by atoms with Gasteiger partial charge in [0.25, 0.3) is 0 Å². The van der Waals surface area contributed by atoms with E-state index in [0.29, 0.717) is 11.3 Å². The summed E-state index contributed by atoms with van der Waals surface area (Å²) in [5.74, 6) is 5.43. The first-order chi connectivity index (χ1) is 15.1. The second-order valence-corrected chi connectivity index (χ2v) is 8.21. The Morgan fingerprint density at radius 2 is 1.77 bits per heavy atom. The Balaban J connectivity index is 1.70. The Kier molecular flexibility index (Phi) is 6.42. The van der Waals surface area contributed by atoms with Crippen LogP contribution in [0.4, 0.5) is 0 Å². The number of carbonyl (C=O) groups is 2. The fourth-order valence-electron chi connectivity index (χ4n) is 3.56. The second-order valence-electron chi connectivity index (χ2n) is 7.10. The van der Waals surface area contributed by atoms with Crippen molar-refractivity contribution in [3.8, 4) is 11.8 Å². The number of thioether (sulfide) groups is 1. The van der Waals surface area contributed by atoms with Crippen molar-refractivity contribution in [2.45, 2.75) is 17.5 Å². The maximum Gasteiger partial charge on any atom is 0.357 e. The number of nitrogens with two attached hydrogens (primary N) is 1. The Morgan fingerprint density at radius 3 is 2.35 bits per heavy atom. The van der Waals surface area contributed by atoms with Gasteiger partial charge in [-0.2, -0.15) is 0 Å². The van der Waals surface area contributed by atoms with Crippen molar-refractivity contribution in [2.24, 2.45) is 5.73 Å². The van der Waals surface area contributed by atoms with Gasteiger partial charge < -0.3 is 15.2 Å². The molecule has 2 aromatic rings. The summed E-state index contributed by atoms with van der Waals surface area (Å²) in [7, 11) is 1.55. The lowest BCUT2D eigenvalue weighted by Crippen LogP contribution is -2.68. The van der Waals surface area contributed by atoms with E-state index in [-0.39, 0.29) is 23.6 Å². The zero-order chi connectivity index (χ0) is 21.8. The molecule has 2 heterocycles. The number of esters is 1. The first-order valence-corrected chi connectivity index (χ1v) is 10.9. The number of methoxy groups -OCH3 is 1. The molecule has 2 aliphatic heterocycles. The number of fused-ring (bicyclic) bond motifs is 1. The number of nitrogens with zero attached hydrogens (tertiary/aromatic N) is 1. The Hall–Kier alpha value is -3.05. The van der Waals surface area contributed by atoms with Crippen molar-refractivity contribution < 1.29 is 19.1 Å². The summed E-state index contributed by atoms with van der Waals surface area (Å²) < 4.78 is 11.0. The summed E-state index contributed by atoms with van der Waals surface area (Å²) in [5, 5.41) is -0.282. The molecule has 1 amide bonds. The molecule has 6 nitrogen and oxygen atoms in total. The molecule has 1 fully saturated rings. The summed E-state index contributed by atoms with van der Waals surface area (Å²) in [4.78, 5) is 27.3. The van der Waals surface area contributed by atoms with Crippen molar-refractivity contribution in [1.29, 1.82) is 0 Å². The van der Waals surface area contributed by atoms with Gasteiger partial charge in [-0.3, -0.25) is 9.69 Å². The van der Waals surface area contributed by atoms with E-state index in [1.165, 1.54) is 16.7 Å². The van der Waals surface area contributed by atoms with Gasteiger partial charge in [0.15, 0.2) is 6.10 Å². The van der Waals surface area contributed by atoms with E-state index >= 15 is 0 Å². The van der Waals surface area contributed by atoms with E-state index in [0.717, 1.165) is 11.1 Å². The number of ether oxygens (including phenoxy) is 2. The van der Waals surface area contributed by atoms with Crippen molar-refractivity contribution in [3.63, 3.8) is 0 Å². The summed E-state index contributed by atoms with van der Waals surface area (Å²) in [6.45, 7) is 0.226. The molecular weight excluding hydrogens is 412 g/mol. The molecule has 0 unspecified atom stereocenters. The molecule has 31 heavy (non-hydrogen) atoms. The molecule has 0 spiro atoms. The zero-order valence-electron chi connectivity index (χ0n) is 17.0. The normalized spacial score (nSPS) is 20.0. The van der Waals surface area contributed by atoms with E-state index in [1.54, 1.807) is 7.11 Å². The van der Waals surface area contributed by atoms with Crippen molar-refractivity contribution >= 4 is 23.6 Å². The number of rotatable bonds is 5. The van der Waals surface area contributed by atoms with E-state index in [2.05, 4.69) is 11.8 Å². The van der Waals surface area contributed by atoms with Crippen LogP contribution in [-0.4, -0.2) is 47.7 Å². The van der Waals surface area contributed by atoms with Gasteiger partial charge in [0.05, 0.1) is 0 Å². The number of β-lactam (4-membered cyclic amide) rings is 1. The number of hydrogen-bond donors (Lipinski definition) is 1. The predicted octanol–water partition coefficient (Wildman–Crippen LogP) is 2.47. The molecule has 7 heteroatoms. The van der Waals surface area contributed by atoms with Gasteiger partial charge in [0.1, 0.15) is 23.7 Å². The standard InChI is InChI=1S/C24H22N2O4S/c1-29-14-8-13-18-15-31-23-19(25)22(27)26(23)20(18)24(28)30-21(16-9-4-2-5-10-16)17-11-6-3-7-12-17/h2-7,9-12,19,21,23H,14-15,25H2,1H3/t19-,23-/m1/s1. The van der Waals surface area contributed by atoms with Gasteiger partial charge in [-0.1, -0.05) is 72.5 Å². The van der Waals surface area contributed by atoms with E-state index in [1.807, 2.05) is 60.7 Å². The smallest absolute Gasteiger partial charge is 0.357 e. The number of hydrogen-bond acceptors (Lipinski definition) is 6. The quantitative estimate of drug-likeness (QED) is 0.442. The van der Waals surface area contributed by atoms with Crippen molar-refractivity contribution in [3.05, 3.63) is 83.1 Å². The molecule has 0 saturated carbocycles. The Morgan fingerprint density at radius 1 is 1.16 bits per heavy atom. The van der Waals surface area contributed by atoms with Crippen LogP contribution in [0.15, 0.2) is 71.9 Å². The van der Waals surface area contributed by atoms with Gasteiger partial charge in [0, 0.05) is 18.4 Å². The third-order valence-electron chi connectivity index (χ3n) is 5.09. The van der Waals surface area contributed by atoms with Crippen LogP contribution in [0.25, 0.3) is 0 Å². The molecule has 0 aromatic heterocycles. The topological polar surface area (TPSA) is 81.9 Å². The van der Waals surface area contributed by atoms with Crippen LogP contribution in [0.3, 0.4) is 0 Å². The molecule has 2 aliphatic rings. The summed E-state index contributed by atoms with van der Waals surface area (Å²) in [6.07, 6.45) is -0.617. The number of benzene rings is 2. The third-order valence-corrected chi connectivity index (χ3v) is 6.39. The maximum absolute atomic E-state index is 13.4. The molecular formula is C24H22N2O4S. The average Bonchev–Trinajstić information content (AvgIpc) is 2.82. The zero-order valence-corrected chi connectivity index (χ0v) is 17.8. The van der Waals surface area contributed by atoms with Crippen LogP contribution in [0.5, 0.6) is 0 Å². The molecule has 4 rings (SSSR count). The highest BCUT2D eigenvalue weighted by Crippen LogP contribution is 2.40. The third kappa shape index (κ3) is 4.23. The second kappa shape index (κ2) is 9.40. The monoisotopic (exact) mass is 434 g/mol. The Labute approximate surface area is 185 Å². The lowest BCUT2D eigenvalue weighted by atomic mass is 10.0. The molecule has 0 aliphatic carbocycles. The van der Waals surface area contributed by atoms with Crippen LogP contribution in [-0.2, 0) is 19.1 Å². The van der Waals surface area contributed by atoms with Gasteiger partial charge in [-0.15, -0.1) is 11.8 Å². The van der Waals surface area contributed by atoms with E-state index in [4.69, 9.17) is 15.2 Å². The molecule has 2 N–H and O–H groups in total. The lowest BCUT2D eigenvalue weighted by Gasteiger charge is -2.47. The first kappa shape index (κ1) is 21.2. The highest BCUT2D eigenvalue weighted by atomic mass is 32.2. The molecule has 158 valence electrons. The largest absolute Gasteiger partial charge is 0.448 e. The van der Waals surface area contributed by atoms with Gasteiger partial charge in [-0.05, 0) is 11.1 Å². The Bertz CT molecular complexity index is 1020. The summed E-state index contributed by atoms with van der Waals surface area (Å²) >= 11 is 1.49. The van der Waals surface area contributed by atoms with E-state index < -0.39 is 18.1 Å². The van der Waals surface area contributed by atoms with Crippen LogP contribution < -0.4 is 5.73 Å². The van der Waals surface area contributed by atoms with Gasteiger partial charge in [-0.25, -0.2) is 4.79 Å². The minimum atomic E-state index is -0.625. The maximum atomic E-state index is 13.4. The van der Waals surface area contributed by atoms with Crippen molar-refractivity contribution in [1.82, 2.24) is 4.90 Å². The molecule has 1 saturated heterocycles. The fourth-order valence-corrected chi connectivity index (χ4v) is 4.79.